The van der Waals surface area contributed by atoms with Gasteiger partial charge in [0, 0.05) is 21.1 Å². The molecule has 4 aromatic rings. The number of aryl methyl sites for hydroxylation is 2. The molecule has 4 rings (SSSR count). The Morgan fingerprint density at radius 1 is 1.08 bits per heavy atom. The van der Waals surface area contributed by atoms with Crippen LogP contribution < -0.4 is 11.3 Å². The molecule has 0 fully saturated rings. The van der Waals surface area contributed by atoms with Gasteiger partial charge in [-0.25, -0.2) is 0 Å². The van der Waals surface area contributed by atoms with E-state index in [0.29, 0.717) is 32.6 Å². The Bertz CT molecular complexity index is 1740. The molecular formula is C25H20ClF3N4O3S2. The van der Waals surface area contributed by atoms with Crippen molar-refractivity contribution in [3.63, 3.8) is 0 Å². The summed E-state index contributed by atoms with van der Waals surface area (Å²) in [5.74, 6) is -0.487. The molecule has 0 aliphatic rings. The molecule has 0 spiro atoms. The molecule has 0 aliphatic carbocycles. The van der Waals surface area contributed by atoms with Crippen LogP contribution in [0.4, 0.5) is 13.2 Å². The van der Waals surface area contributed by atoms with Crippen molar-refractivity contribution in [3.8, 4) is 0 Å². The van der Waals surface area contributed by atoms with Gasteiger partial charge < -0.3 is 5.73 Å². The molecule has 13 heteroatoms. The van der Waals surface area contributed by atoms with Gasteiger partial charge in [0.2, 0.25) is 5.96 Å². The van der Waals surface area contributed by atoms with Gasteiger partial charge in [-0.1, -0.05) is 41.9 Å². The van der Waals surface area contributed by atoms with E-state index in [4.69, 9.17) is 17.3 Å². The van der Waals surface area contributed by atoms with E-state index in [1.165, 1.54) is 24.3 Å². The van der Waals surface area contributed by atoms with Crippen LogP contribution in [0.5, 0.6) is 0 Å². The van der Waals surface area contributed by atoms with Crippen LogP contribution in [0.3, 0.4) is 0 Å². The van der Waals surface area contributed by atoms with Crippen molar-refractivity contribution < 1.29 is 21.6 Å². The second kappa shape index (κ2) is 10.4. The number of rotatable bonds is 5. The number of aromatic nitrogens is 2. The number of hydrogen-bond acceptors (Lipinski definition) is 5. The molecule has 7 nitrogen and oxygen atoms in total. The van der Waals surface area contributed by atoms with Crippen molar-refractivity contribution in [1.29, 1.82) is 0 Å². The molecule has 0 unspecified atom stereocenters. The third kappa shape index (κ3) is 5.71. The fourth-order valence-electron chi connectivity index (χ4n) is 3.62. The second-order valence-corrected chi connectivity index (χ2v) is 11.3. The van der Waals surface area contributed by atoms with Gasteiger partial charge in [-0.15, -0.1) is 16.2 Å². The van der Waals surface area contributed by atoms with E-state index in [9.17, 15) is 26.4 Å². The molecule has 1 aromatic heterocycles. The molecule has 198 valence electrons. The van der Waals surface area contributed by atoms with Crippen molar-refractivity contribution in [2.24, 2.45) is 10.1 Å². The van der Waals surface area contributed by atoms with Crippen molar-refractivity contribution >= 4 is 50.1 Å². The fourth-order valence-corrected chi connectivity index (χ4v) is 6.32. The minimum Gasteiger partial charge on any atom is -0.367 e. The number of nitrogens with zero attached hydrogens (tertiary/aromatic N) is 3. The van der Waals surface area contributed by atoms with Crippen molar-refractivity contribution in [3.05, 3.63) is 98.4 Å². The molecular weight excluding hydrogens is 561 g/mol. The Morgan fingerprint density at radius 3 is 2.34 bits per heavy atom. The van der Waals surface area contributed by atoms with E-state index < -0.39 is 33.3 Å². The van der Waals surface area contributed by atoms with E-state index >= 15 is 0 Å². The molecule has 0 aliphatic heterocycles. The molecule has 0 saturated carbocycles. The highest BCUT2D eigenvalue weighted by atomic mass is 35.5. The first-order valence-electron chi connectivity index (χ1n) is 11.0. The lowest BCUT2D eigenvalue weighted by Gasteiger charge is -2.12. The maximum Gasteiger partial charge on any atom is 0.416 e. The highest BCUT2D eigenvalue weighted by Gasteiger charge is 2.30. The van der Waals surface area contributed by atoms with E-state index in [2.05, 4.69) is 9.50 Å². The van der Waals surface area contributed by atoms with E-state index in [1.54, 1.807) is 38.1 Å². The monoisotopic (exact) mass is 580 g/mol. The summed E-state index contributed by atoms with van der Waals surface area (Å²) in [5.41, 5.74) is 5.98. The quantitative estimate of drug-likeness (QED) is 0.189. The number of sulfonamides is 1. The predicted molar refractivity (Wildman–Crippen MR) is 142 cm³/mol. The number of alkyl halides is 3. The molecule has 0 atom stereocenters. The van der Waals surface area contributed by atoms with Gasteiger partial charge >= 0.3 is 6.18 Å². The minimum absolute atomic E-state index is 0.157. The SMILES string of the molecule is Cc1cc(S(=O)(=O)/N=C(\N)n2nc(C)c3ccccc3c2=O)c(SCc2ccc(C(F)(F)F)cc2)cc1Cl. The number of benzene rings is 3. The Morgan fingerprint density at radius 2 is 1.71 bits per heavy atom. The fraction of sp³-hybridized carbons (Fsp3) is 0.160. The average molecular weight is 581 g/mol. The van der Waals surface area contributed by atoms with Crippen LogP contribution in [0.15, 0.2) is 79.6 Å². The van der Waals surface area contributed by atoms with Crippen molar-refractivity contribution in [1.82, 2.24) is 9.78 Å². The smallest absolute Gasteiger partial charge is 0.367 e. The Balaban J connectivity index is 1.71. The molecule has 0 bridgehead atoms. The molecule has 0 radical (unpaired) electrons. The van der Waals surface area contributed by atoms with Crippen molar-refractivity contribution in [2.45, 2.75) is 35.6 Å². The van der Waals surface area contributed by atoms with Gasteiger partial charge in [0.1, 0.15) is 4.90 Å². The number of hydrogen-bond donors (Lipinski definition) is 1. The van der Waals surface area contributed by atoms with Crippen LogP contribution >= 0.6 is 23.4 Å². The first kappa shape index (κ1) is 27.7. The average Bonchev–Trinajstić information content (AvgIpc) is 2.86. The second-order valence-electron chi connectivity index (χ2n) is 8.30. The van der Waals surface area contributed by atoms with Gasteiger partial charge in [-0.05, 0) is 55.3 Å². The third-order valence-corrected chi connectivity index (χ3v) is 8.58. The predicted octanol–water partition coefficient (Wildman–Crippen LogP) is 5.53. The molecule has 0 saturated heterocycles. The summed E-state index contributed by atoms with van der Waals surface area (Å²) in [6, 6.07) is 14.0. The van der Waals surface area contributed by atoms with Crippen LogP contribution in [-0.2, 0) is 22.0 Å². The standard InChI is InChI=1S/C25H20ClF3N4O3S2/c1-14-11-22(21(12-20(14)26)37-13-16-7-9-17(10-8-16)25(27,28)29)38(35,36)32-24(30)33-23(34)19-6-4-3-5-18(19)15(2)31-33/h3-12H,13H2,1-2H3,(H2,30,32). The summed E-state index contributed by atoms with van der Waals surface area (Å²) in [4.78, 5) is 12.9. The van der Waals surface area contributed by atoms with Gasteiger partial charge in [0.15, 0.2) is 0 Å². The summed E-state index contributed by atoms with van der Waals surface area (Å²) < 4.78 is 69.6. The summed E-state index contributed by atoms with van der Waals surface area (Å²) in [7, 11) is -4.46. The highest BCUT2D eigenvalue weighted by molar-refractivity contribution is 7.99. The van der Waals surface area contributed by atoms with Crippen LogP contribution in [0.1, 0.15) is 22.4 Å². The first-order chi connectivity index (χ1) is 17.8. The molecule has 2 N–H and O–H groups in total. The normalized spacial score (nSPS) is 12.7. The van der Waals surface area contributed by atoms with Gasteiger partial charge in [0.25, 0.3) is 15.6 Å². The lowest BCUT2D eigenvalue weighted by atomic mass is 10.1. The van der Waals surface area contributed by atoms with Crippen LogP contribution in [0.25, 0.3) is 10.8 Å². The van der Waals surface area contributed by atoms with Gasteiger partial charge in [-0.3, -0.25) is 4.79 Å². The summed E-state index contributed by atoms with van der Waals surface area (Å²) >= 11 is 7.29. The zero-order valence-corrected chi connectivity index (χ0v) is 22.3. The molecule has 38 heavy (non-hydrogen) atoms. The van der Waals surface area contributed by atoms with E-state index in [-0.39, 0.29) is 15.5 Å². The molecule has 3 aromatic carbocycles. The largest absolute Gasteiger partial charge is 0.416 e. The topological polar surface area (TPSA) is 107 Å². The summed E-state index contributed by atoms with van der Waals surface area (Å²) in [6.07, 6.45) is -4.46. The first-order valence-corrected chi connectivity index (χ1v) is 13.8. The summed E-state index contributed by atoms with van der Waals surface area (Å²) in [6.45, 7) is 3.26. The highest BCUT2D eigenvalue weighted by Crippen LogP contribution is 2.35. The number of halogens is 4. The Hall–Kier alpha value is -3.35. The van der Waals surface area contributed by atoms with E-state index in [0.717, 1.165) is 28.6 Å². The zero-order chi connectivity index (χ0) is 27.8. The lowest BCUT2D eigenvalue weighted by molar-refractivity contribution is -0.137. The Labute approximate surface area is 225 Å². The maximum atomic E-state index is 13.3. The van der Waals surface area contributed by atoms with Gasteiger partial charge in [-0.2, -0.15) is 31.4 Å². The minimum atomic E-state index is -4.46. The van der Waals surface area contributed by atoms with Crippen LogP contribution in [-0.4, -0.2) is 24.2 Å². The molecule has 1 heterocycles. The lowest BCUT2D eigenvalue weighted by Crippen LogP contribution is -2.36. The Kier molecular flexibility index (Phi) is 7.60. The third-order valence-electron chi connectivity index (χ3n) is 5.60. The van der Waals surface area contributed by atoms with Crippen LogP contribution in [0, 0.1) is 13.8 Å². The van der Waals surface area contributed by atoms with Gasteiger partial charge in [0.05, 0.1) is 16.6 Å². The maximum absolute atomic E-state index is 13.3. The molecule has 0 amide bonds. The zero-order valence-electron chi connectivity index (χ0n) is 20.0. The number of nitrogens with two attached hydrogens (primary N) is 1. The van der Waals surface area contributed by atoms with Crippen molar-refractivity contribution in [2.75, 3.05) is 0 Å². The number of fused-ring (bicyclic) bond motifs is 1. The van der Waals surface area contributed by atoms with Crippen LogP contribution in [0.2, 0.25) is 5.02 Å². The summed E-state index contributed by atoms with van der Waals surface area (Å²) in [5, 5.41) is 5.30. The number of thioether (sulfide) groups is 1. The van der Waals surface area contributed by atoms with E-state index in [1.807, 2.05) is 0 Å².